The Kier molecular flexibility index (Phi) is 2.83. The first-order valence-electron chi connectivity index (χ1n) is 6.00. The molecular weight excluding hydrogens is 256 g/mol. The maximum absolute atomic E-state index is 5.87. The number of aryl methyl sites for hydroxylation is 2. The van der Waals surface area contributed by atoms with Crippen LogP contribution >= 0.6 is 11.3 Å². The quantitative estimate of drug-likeness (QED) is 0.778. The molecule has 0 bridgehead atoms. The van der Waals surface area contributed by atoms with Crippen LogP contribution in [0.1, 0.15) is 11.4 Å². The Morgan fingerprint density at radius 2 is 1.84 bits per heavy atom. The molecule has 0 saturated heterocycles. The van der Waals surface area contributed by atoms with E-state index in [1.807, 2.05) is 50.2 Å². The number of thiophene rings is 1. The molecule has 0 saturated carbocycles. The fraction of sp³-hybridized carbons (Fsp3) is 0.143. The predicted molar refractivity (Wildman–Crippen MR) is 78.6 cm³/mol. The lowest BCUT2D eigenvalue weighted by atomic mass is 10.2. The van der Waals surface area contributed by atoms with Crippen molar-refractivity contribution in [1.82, 2.24) is 14.8 Å². The van der Waals surface area contributed by atoms with Crippen molar-refractivity contribution in [3.63, 3.8) is 0 Å². The lowest BCUT2D eigenvalue weighted by Gasteiger charge is -2.07. The van der Waals surface area contributed by atoms with Gasteiger partial charge in [0.05, 0.1) is 9.88 Å². The fourth-order valence-electron chi connectivity index (χ4n) is 2.12. The maximum Gasteiger partial charge on any atom is 0.179 e. The van der Waals surface area contributed by atoms with Crippen LogP contribution < -0.4 is 5.73 Å². The number of para-hydroxylation sites is 1. The van der Waals surface area contributed by atoms with Gasteiger partial charge in [0.25, 0.3) is 0 Å². The van der Waals surface area contributed by atoms with Crippen molar-refractivity contribution in [1.29, 1.82) is 0 Å². The predicted octanol–water partition coefficient (Wildman–Crippen LogP) is 3.19. The summed E-state index contributed by atoms with van der Waals surface area (Å²) in [7, 11) is 0. The third-order valence-electron chi connectivity index (χ3n) is 2.98. The highest BCUT2D eigenvalue weighted by atomic mass is 32.1. The normalized spacial score (nSPS) is 10.8. The minimum Gasteiger partial charge on any atom is -0.391 e. The van der Waals surface area contributed by atoms with Crippen molar-refractivity contribution >= 4 is 16.3 Å². The minimum atomic E-state index is 0.799. The van der Waals surface area contributed by atoms with E-state index in [4.69, 9.17) is 5.73 Å². The molecule has 2 N–H and O–H groups in total. The van der Waals surface area contributed by atoms with E-state index in [9.17, 15) is 0 Å². The topological polar surface area (TPSA) is 56.7 Å². The third-order valence-corrected chi connectivity index (χ3v) is 4.04. The molecule has 0 unspecified atom stereocenters. The third kappa shape index (κ3) is 2.02. The molecule has 3 rings (SSSR count). The van der Waals surface area contributed by atoms with Crippen LogP contribution in [0.4, 0.5) is 5.00 Å². The van der Waals surface area contributed by atoms with Crippen LogP contribution in [0.2, 0.25) is 0 Å². The van der Waals surface area contributed by atoms with Gasteiger partial charge in [0.2, 0.25) is 0 Å². The Balaban J connectivity index is 2.22. The first-order valence-corrected chi connectivity index (χ1v) is 6.82. The minimum absolute atomic E-state index is 0.799. The second-order valence-electron chi connectivity index (χ2n) is 4.40. The number of hydrogen-bond donors (Lipinski definition) is 1. The van der Waals surface area contributed by atoms with Gasteiger partial charge in [-0.3, -0.25) is 4.57 Å². The van der Waals surface area contributed by atoms with E-state index >= 15 is 0 Å². The van der Waals surface area contributed by atoms with Crippen LogP contribution in [-0.4, -0.2) is 14.8 Å². The molecule has 3 aromatic rings. The molecule has 0 radical (unpaired) electrons. The molecule has 1 aromatic carbocycles. The lowest BCUT2D eigenvalue weighted by molar-refractivity contribution is 0.972. The standard InChI is InChI=1S/C14H14N4S/c1-9-8-12(15)19-13(9)14-17-16-10(2)18(14)11-6-4-3-5-7-11/h3-8H,15H2,1-2H3. The smallest absolute Gasteiger partial charge is 0.179 e. The molecule has 0 aliphatic rings. The van der Waals surface area contributed by atoms with E-state index in [0.29, 0.717) is 0 Å². The summed E-state index contributed by atoms with van der Waals surface area (Å²) in [5.74, 6) is 1.72. The van der Waals surface area contributed by atoms with Crippen LogP contribution in [0, 0.1) is 13.8 Å². The zero-order valence-electron chi connectivity index (χ0n) is 10.8. The number of anilines is 1. The van der Waals surface area contributed by atoms with Gasteiger partial charge in [0.15, 0.2) is 5.82 Å². The number of nitrogen functional groups attached to an aromatic ring is 1. The molecule has 0 aliphatic heterocycles. The van der Waals surface area contributed by atoms with Gasteiger partial charge >= 0.3 is 0 Å². The average Bonchev–Trinajstić information content (AvgIpc) is 2.93. The van der Waals surface area contributed by atoms with Crippen molar-refractivity contribution in [2.24, 2.45) is 0 Å². The Morgan fingerprint density at radius 1 is 1.11 bits per heavy atom. The van der Waals surface area contributed by atoms with Crippen LogP contribution in [0.5, 0.6) is 0 Å². The number of hydrogen-bond acceptors (Lipinski definition) is 4. The van der Waals surface area contributed by atoms with Crippen molar-refractivity contribution in [3.8, 4) is 16.4 Å². The van der Waals surface area contributed by atoms with Crippen LogP contribution in [0.3, 0.4) is 0 Å². The highest BCUT2D eigenvalue weighted by molar-refractivity contribution is 7.19. The Hall–Kier alpha value is -2.14. The second-order valence-corrected chi connectivity index (χ2v) is 5.49. The molecule has 2 heterocycles. The number of nitrogens with zero attached hydrogens (tertiary/aromatic N) is 3. The maximum atomic E-state index is 5.87. The molecule has 2 aromatic heterocycles. The summed E-state index contributed by atoms with van der Waals surface area (Å²) in [5, 5.41) is 9.30. The van der Waals surface area contributed by atoms with Gasteiger partial charge in [-0.15, -0.1) is 21.5 Å². The van der Waals surface area contributed by atoms with Gasteiger partial charge in [-0.2, -0.15) is 0 Å². The first kappa shape index (κ1) is 11.9. The van der Waals surface area contributed by atoms with E-state index in [2.05, 4.69) is 14.8 Å². The molecular formula is C14H14N4S. The summed E-state index contributed by atoms with van der Waals surface area (Å²) in [5.41, 5.74) is 8.07. The Bertz CT molecular complexity index is 712. The summed E-state index contributed by atoms with van der Waals surface area (Å²) in [4.78, 5) is 1.07. The van der Waals surface area contributed by atoms with E-state index in [0.717, 1.165) is 32.8 Å². The van der Waals surface area contributed by atoms with Gasteiger partial charge in [0.1, 0.15) is 5.82 Å². The second kappa shape index (κ2) is 4.51. The highest BCUT2D eigenvalue weighted by Crippen LogP contribution is 2.34. The van der Waals surface area contributed by atoms with Crippen LogP contribution in [-0.2, 0) is 0 Å². The summed E-state index contributed by atoms with van der Waals surface area (Å²) < 4.78 is 2.05. The van der Waals surface area contributed by atoms with Gasteiger partial charge in [-0.1, -0.05) is 18.2 Å². The summed E-state index contributed by atoms with van der Waals surface area (Å²) in [6, 6.07) is 12.1. The zero-order valence-corrected chi connectivity index (χ0v) is 11.6. The molecule has 0 spiro atoms. The monoisotopic (exact) mass is 270 g/mol. The van der Waals surface area contributed by atoms with Gasteiger partial charge < -0.3 is 5.73 Å². The van der Waals surface area contributed by atoms with E-state index in [1.54, 1.807) is 11.3 Å². The van der Waals surface area contributed by atoms with E-state index in [1.165, 1.54) is 0 Å². The molecule has 4 nitrogen and oxygen atoms in total. The van der Waals surface area contributed by atoms with Gasteiger partial charge in [-0.25, -0.2) is 0 Å². The van der Waals surface area contributed by atoms with Gasteiger partial charge in [0, 0.05) is 5.69 Å². The molecule has 19 heavy (non-hydrogen) atoms. The molecule has 96 valence electrons. The SMILES string of the molecule is Cc1cc(N)sc1-c1nnc(C)n1-c1ccccc1. The first-order chi connectivity index (χ1) is 9.16. The number of nitrogens with two attached hydrogens (primary N) is 1. The largest absolute Gasteiger partial charge is 0.391 e. The number of rotatable bonds is 2. The average molecular weight is 270 g/mol. The summed E-state index contributed by atoms with van der Waals surface area (Å²) in [6.07, 6.45) is 0. The Labute approximate surface area is 115 Å². The number of aromatic nitrogens is 3. The lowest BCUT2D eigenvalue weighted by Crippen LogP contribution is -1.99. The molecule has 0 atom stereocenters. The van der Waals surface area contributed by atoms with Crippen molar-refractivity contribution in [3.05, 3.63) is 47.8 Å². The zero-order chi connectivity index (χ0) is 13.4. The van der Waals surface area contributed by atoms with Crippen LogP contribution in [0.15, 0.2) is 36.4 Å². The highest BCUT2D eigenvalue weighted by Gasteiger charge is 2.16. The van der Waals surface area contributed by atoms with E-state index in [-0.39, 0.29) is 0 Å². The Morgan fingerprint density at radius 3 is 2.47 bits per heavy atom. The molecule has 0 fully saturated rings. The van der Waals surface area contributed by atoms with Crippen molar-refractivity contribution in [2.45, 2.75) is 13.8 Å². The fourth-order valence-corrected chi connectivity index (χ4v) is 3.04. The van der Waals surface area contributed by atoms with E-state index < -0.39 is 0 Å². The van der Waals surface area contributed by atoms with Crippen LogP contribution in [0.25, 0.3) is 16.4 Å². The molecule has 5 heteroatoms. The summed E-state index contributed by atoms with van der Waals surface area (Å²) >= 11 is 1.54. The van der Waals surface area contributed by atoms with Crippen molar-refractivity contribution < 1.29 is 0 Å². The summed E-state index contributed by atoms with van der Waals surface area (Å²) in [6.45, 7) is 4.00. The number of benzene rings is 1. The van der Waals surface area contributed by atoms with Gasteiger partial charge in [-0.05, 0) is 37.6 Å². The molecule has 0 amide bonds. The molecule has 0 aliphatic carbocycles. The van der Waals surface area contributed by atoms with Crippen molar-refractivity contribution in [2.75, 3.05) is 5.73 Å².